The van der Waals surface area contributed by atoms with Crippen LogP contribution >= 0.6 is 0 Å². The van der Waals surface area contributed by atoms with Crippen LogP contribution in [0.5, 0.6) is 0 Å². The first-order chi connectivity index (χ1) is 11.9. The molecule has 25 heavy (non-hydrogen) atoms. The van der Waals surface area contributed by atoms with Crippen LogP contribution in [0.25, 0.3) is 11.0 Å². The van der Waals surface area contributed by atoms with E-state index in [1.165, 1.54) is 18.2 Å². The summed E-state index contributed by atoms with van der Waals surface area (Å²) in [6.07, 6.45) is -0.163. The minimum atomic E-state index is -0.560. The van der Waals surface area contributed by atoms with Gasteiger partial charge in [0.25, 0.3) is 0 Å². The van der Waals surface area contributed by atoms with Crippen LogP contribution in [0.2, 0.25) is 0 Å². The maximum Gasteiger partial charge on any atom is 0.336 e. The van der Waals surface area contributed by atoms with Gasteiger partial charge in [-0.05, 0) is 48.7 Å². The Kier molecular flexibility index (Phi) is 4.65. The third-order valence-corrected chi connectivity index (χ3v) is 4.13. The number of halogens is 1. The van der Waals surface area contributed by atoms with E-state index in [-0.39, 0.29) is 18.6 Å². The van der Waals surface area contributed by atoms with Crippen LogP contribution in [0.3, 0.4) is 0 Å². The Hall–Kier alpha value is -2.95. The first-order valence-corrected chi connectivity index (χ1v) is 7.87. The van der Waals surface area contributed by atoms with Crippen LogP contribution in [-0.4, -0.2) is 5.97 Å². The van der Waals surface area contributed by atoms with Gasteiger partial charge in [0.05, 0.1) is 6.42 Å². The van der Waals surface area contributed by atoms with Gasteiger partial charge in [-0.1, -0.05) is 18.2 Å². The molecule has 0 amide bonds. The molecule has 0 saturated carbocycles. The number of esters is 1. The topological polar surface area (TPSA) is 56.5 Å². The molecule has 0 radical (unpaired) electrons. The first-order valence-electron chi connectivity index (χ1n) is 7.87. The molecule has 0 atom stereocenters. The standard InChI is InChI=1S/C20H17FO4/c1-12-7-16-15(10-20(23)25-18(16)8-13(12)2)11-24-19(22)9-14-5-3-4-6-17(14)21/h3-8,10H,9,11H2,1-2H3. The lowest BCUT2D eigenvalue weighted by Gasteiger charge is -2.09. The van der Waals surface area contributed by atoms with Crippen LogP contribution in [0, 0.1) is 19.7 Å². The largest absolute Gasteiger partial charge is 0.461 e. The summed E-state index contributed by atoms with van der Waals surface area (Å²) in [7, 11) is 0. The molecule has 0 bridgehead atoms. The number of hydrogen-bond acceptors (Lipinski definition) is 4. The van der Waals surface area contributed by atoms with Gasteiger partial charge in [-0.2, -0.15) is 0 Å². The summed E-state index contributed by atoms with van der Waals surface area (Å²) in [4.78, 5) is 23.7. The van der Waals surface area contributed by atoms with Crippen LogP contribution < -0.4 is 5.63 Å². The predicted octanol–water partition coefficient (Wildman–Crippen LogP) is 3.83. The fraction of sp³-hybridized carbons (Fsp3) is 0.200. The van der Waals surface area contributed by atoms with Gasteiger partial charge in [0.1, 0.15) is 18.0 Å². The highest BCUT2D eigenvalue weighted by molar-refractivity contribution is 5.82. The molecule has 0 aliphatic carbocycles. The van der Waals surface area contributed by atoms with Crippen molar-refractivity contribution >= 4 is 16.9 Å². The average molecular weight is 340 g/mol. The number of hydrogen-bond donors (Lipinski definition) is 0. The van der Waals surface area contributed by atoms with Crippen molar-refractivity contribution in [2.24, 2.45) is 0 Å². The van der Waals surface area contributed by atoms with Crippen molar-refractivity contribution in [1.29, 1.82) is 0 Å². The fourth-order valence-corrected chi connectivity index (χ4v) is 2.61. The lowest BCUT2D eigenvalue weighted by atomic mass is 10.0. The Balaban J connectivity index is 1.81. The highest BCUT2D eigenvalue weighted by Gasteiger charge is 2.12. The normalized spacial score (nSPS) is 10.8. The Bertz CT molecular complexity index is 1000. The van der Waals surface area contributed by atoms with Crippen molar-refractivity contribution in [3.63, 3.8) is 0 Å². The maximum absolute atomic E-state index is 13.6. The van der Waals surface area contributed by atoms with E-state index < -0.39 is 17.4 Å². The number of carbonyl (C=O) groups excluding carboxylic acids is 1. The van der Waals surface area contributed by atoms with Crippen LogP contribution in [0.1, 0.15) is 22.3 Å². The van der Waals surface area contributed by atoms with Crippen LogP contribution in [0.4, 0.5) is 4.39 Å². The molecule has 0 aliphatic rings. The zero-order valence-electron chi connectivity index (χ0n) is 14.0. The van der Waals surface area contributed by atoms with E-state index in [4.69, 9.17) is 9.15 Å². The Labute approximate surface area is 143 Å². The zero-order chi connectivity index (χ0) is 18.0. The fourth-order valence-electron chi connectivity index (χ4n) is 2.61. The van der Waals surface area contributed by atoms with Crippen LogP contribution in [-0.2, 0) is 22.6 Å². The number of benzene rings is 2. The summed E-state index contributed by atoms with van der Waals surface area (Å²) < 4.78 is 24.0. The highest BCUT2D eigenvalue weighted by atomic mass is 19.1. The molecule has 1 aromatic heterocycles. The van der Waals surface area contributed by atoms with Crippen molar-refractivity contribution in [3.05, 3.63) is 81.0 Å². The number of aryl methyl sites for hydroxylation is 2. The van der Waals surface area contributed by atoms with Crippen molar-refractivity contribution in [2.45, 2.75) is 26.9 Å². The molecule has 0 spiro atoms. The molecule has 2 aromatic carbocycles. The van der Waals surface area contributed by atoms with Gasteiger partial charge in [-0.15, -0.1) is 0 Å². The second-order valence-electron chi connectivity index (χ2n) is 5.95. The van der Waals surface area contributed by atoms with Crippen molar-refractivity contribution in [2.75, 3.05) is 0 Å². The number of rotatable bonds is 4. The predicted molar refractivity (Wildman–Crippen MR) is 91.9 cm³/mol. The van der Waals surface area contributed by atoms with E-state index in [9.17, 15) is 14.0 Å². The van der Waals surface area contributed by atoms with Gasteiger partial charge in [0.15, 0.2) is 0 Å². The van der Waals surface area contributed by atoms with E-state index in [0.29, 0.717) is 11.1 Å². The second-order valence-corrected chi connectivity index (χ2v) is 5.95. The number of carbonyl (C=O) groups is 1. The zero-order valence-corrected chi connectivity index (χ0v) is 14.0. The maximum atomic E-state index is 13.6. The lowest BCUT2D eigenvalue weighted by molar-refractivity contribution is -0.144. The molecule has 3 rings (SSSR count). The molecule has 0 N–H and O–H groups in total. The smallest absolute Gasteiger partial charge is 0.336 e. The molecule has 0 saturated heterocycles. The third-order valence-electron chi connectivity index (χ3n) is 4.13. The summed E-state index contributed by atoms with van der Waals surface area (Å²) in [5, 5.41) is 0.724. The minimum absolute atomic E-state index is 0.0715. The van der Waals surface area contributed by atoms with Gasteiger partial charge >= 0.3 is 11.6 Å². The molecular formula is C20H17FO4. The highest BCUT2D eigenvalue weighted by Crippen LogP contribution is 2.22. The van der Waals surface area contributed by atoms with E-state index in [1.54, 1.807) is 18.2 Å². The quantitative estimate of drug-likeness (QED) is 0.535. The molecule has 0 aliphatic heterocycles. The molecule has 3 aromatic rings. The van der Waals surface area contributed by atoms with Crippen molar-refractivity contribution < 1.29 is 18.3 Å². The van der Waals surface area contributed by atoms with Gasteiger partial charge in [-0.25, -0.2) is 9.18 Å². The van der Waals surface area contributed by atoms with Crippen LogP contribution in [0.15, 0.2) is 51.7 Å². The summed E-state index contributed by atoms with van der Waals surface area (Å²) in [6, 6.07) is 11.0. The summed E-state index contributed by atoms with van der Waals surface area (Å²) >= 11 is 0. The average Bonchev–Trinajstić information content (AvgIpc) is 2.56. The Morgan fingerprint density at radius 2 is 1.80 bits per heavy atom. The van der Waals surface area contributed by atoms with Gasteiger partial charge in [0.2, 0.25) is 0 Å². The molecule has 1 heterocycles. The molecular weight excluding hydrogens is 323 g/mol. The summed E-state index contributed by atoms with van der Waals surface area (Å²) in [5.41, 5.74) is 2.84. The molecule has 4 nitrogen and oxygen atoms in total. The molecule has 0 fully saturated rings. The first kappa shape index (κ1) is 16.9. The Morgan fingerprint density at radius 3 is 2.56 bits per heavy atom. The second kappa shape index (κ2) is 6.89. The Morgan fingerprint density at radius 1 is 1.08 bits per heavy atom. The lowest BCUT2D eigenvalue weighted by Crippen LogP contribution is -2.11. The molecule has 128 valence electrons. The number of ether oxygens (including phenoxy) is 1. The van der Waals surface area contributed by atoms with Gasteiger partial charge in [0, 0.05) is 17.0 Å². The van der Waals surface area contributed by atoms with E-state index in [1.807, 2.05) is 19.9 Å². The summed E-state index contributed by atoms with van der Waals surface area (Å²) in [5.74, 6) is -1.01. The minimum Gasteiger partial charge on any atom is -0.461 e. The van der Waals surface area contributed by atoms with E-state index >= 15 is 0 Å². The van der Waals surface area contributed by atoms with Crippen molar-refractivity contribution in [1.82, 2.24) is 0 Å². The molecule has 5 heteroatoms. The number of fused-ring (bicyclic) bond motifs is 1. The third kappa shape index (κ3) is 3.76. The summed E-state index contributed by atoms with van der Waals surface area (Å²) in [6.45, 7) is 3.81. The SMILES string of the molecule is Cc1cc2oc(=O)cc(COC(=O)Cc3ccccc3F)c2cc1C. The van der Waals surface area contributed by atoms with E-state index in [2.05, 4.69) is 0 Å². The van der Waals surface area contributed by atoms with E-state index in [0.717, 1.165) is 16.5 Å². The molecule has 0 unspecified atom stereocenters. The monoisotopic (exact) mass is 340 g/mol. The van der Waals surface area contributed by atoms with Gasteiger partial charge < -0.3 is 9.15 Å². The van der Waals surface area contributed by atoms with Gasteiger partial charge in [-0.3, -0.25) is 4.79 Å². The van der Waals surface area contributed by atoms with Crippen molar-refractivity contribution in [3.8, 4) is 0 Å².